The molecular weight excluding hydrogens is 500 g/mol. The van der Waals surface area contributed by atoms with Crippen LogP contribution < -0.4 is 15.7 Å². The molecule has 4 aromatic carbocycles. The second kappa shape index (κ2) is 9.88. The predicted octanol–water partition coefficient (Wildman–Crippen LogP) is 4.23. The first-order valence-corrected chi connectivity index (χ1v) is 13.0. The molecule has 2 unspecified atom stereocenters. The van der Waals surface area contributed by atoms with Gasteiger partial charge in [0, 0.05) is 22.9 Å². The SMILES string of the molecule is O=C1CSC(c2ccccc2[NH+]([O-])O)N1c1ccc(-n2c(-c3ccccc3)nc3ccccc3c2=O)cc1. The molecule has 8 nitrogen and oxygen atoms in total. The standard InChI is InChI=1S/C29H22N4O4S/c34-26-18-38-29(23-11-5-7-13-25(23)33(36)37)31(26)20-14-16-21(17-15-20)32-27(19-8-2-1-3-9-19)30-24-12-6-4-10-22(24)28(32)35/h1-17,29,33,36H,18H2. The summed E-state index contributed by atoms with van der Waals surface area (Å²) in [5, 5.41) is 20.5. The van der Waals surface area contributed by atoms with E-state index in [1.54, 1.807) is 64.1 Å². The zero-order valence-corrected chi connectivity index (χ0v) is 20.8. The summed E-state index contributed by atoms with van der Waals surface area (Å²) in [5.74, 6) is 0.651. The molecule has 2 atom stereocenters. The molecule has 1 aliphatic heterocycles. The minimum Gasteiger partial charge on any atom is -0.595 e. The van der Waals surface area contributed by atoms with Crippen LogP contribution in [-0.2, 0) is 4.79 Å². The van der Waals surface area contributed by atoms with E-state index in [9.17, 15) is 20.0 Å². The van der Waals surface area contributed by atoms with Crippen LogP contribution in [0.2, 0.25) is 0 Å². The molecule has 188 valence electrons. The lowest BCUT2D eigenvalue weighted by atomic mass is 10.1. The van der Waals surface area contributed by atoms with Crippen molar-refractivity contribution in [1.82, 2.24) is 9.55 Å². The van der Waals surface area contributed by atoms with Crippen molar-refractivity contribution < 1.29 is 15.2 Å². The van der Waals surface area contributed by atoms with Gasteiger partial charge in [0.1, 0.15) is 11.2 Å². The van der Waals surface area contributed by atoms with Gasteiger partial charge in [0.05, 0.1) is 22.3 Å². The van der Waals surface area contributed by atoms with Crippen LogP contribution in [0.25, 0.3) is 28.0 Å². The molecule has 6 rings (SSSR count). The number of aromatic nitrogens is 2. The molecule has 1 saturated heterocycles. The van der Waals surface area contributed by atoms with Gasteiger partial charge in [-0.2, -0.15) is 5.23 Å². The summed E-state index contributed by atoms with van der Waals surface area (Å²) < 4.78 is 1.58. The van der Waals surface area contributed by atoms with Crippen molar-refractivity contribution in [3.05, 3.63) is 124 Å². The topological polar surface area (TPSA) is 103 Å². The number of nitrogens with one attached hydrogen (secondary N) is 1. The van der Waals surface area contributed by atoms with E-state index in [1.807, 2.05) is 48.5 Å². The number of hydrogen-bond donors (Lipinski definition) is 2. The number of thioether (sulfide) groups is 1. The lowest BCUT2D eigenvalue weighted by molar-refractivity contribution is -0.991. The van der Waals surface area contributed by atoms with Gasteiger partial charge in [0.2, 0.25) is 5.91 Å². The molecule has 1 amide bonds. The summed E-state index contributed by atoms with van der Waals surface area (Å²) >= 11 is 1.39. The van der Waals surface area contributed by atoms with Gasteiger partial charge in [-0.1, -0.05) is 54.6 Å². The van der Waals surface area contributed by atoms with Gasteiger partial charge in [-0.25, -0.2) is 10.2 Å². The monoisotopic (exact) mass is 522 g/mol. The number of amides is 1. The van der Waals surface area contributed by atoms with Gasteiger partial charge in [-0.05, 0) is 42.5 Å². The van der Waals surface area contributed by atoms with Gasteiger partial charge in [-0.3, -0.25) is 19.1 Å². The van der Waals surface area contributed by atoms with Crippen molar-refractivity contribution in [2.24, 2.45) is 0 Å². The normalized spacial score (nSPS) is 16.2. The highest BCUT2D eigenvalue weighted by atomic mass is 32.2. The fourth-order valence-electron chi connectivity index (χ4n) is 4.76. The maximum atomic E-state index is 13.7. The number of benzene rings is 4. The zero-order valence-electron chi connectivity index (χ0n) is 20.0. The van der Waals surface area contributed by atoms with Crippen molar-refractivity contribution >= 4 is 39.9 Å². The van der Waals surface area contributed by atoms with Crippen molar-refractivity contribution in [3.63, 3.8) is 0 Å². The highest BCUT2D eigenvalue weighted by Gasteiger charge is 2.36. The Balaban J connectivity index is 1.45. The van der Waals surface area contributed by atoms with Crippen molar-refractivity contribution in [1.29, 1.82) is 0 Å². The number of carbonyl (C=O) groups excluding carboxylic acids is 1. The molecule has 0 radical (unpaired) electrons. The van der Waals surface area contributed by atoms with Gasteiger partial charge in [-0.15, -0.1) is 11.8 Å². The largest absolute Gasteiger partial charge is 0.595 e. The lowest BCUT2D eigenvalue weighted by Gasteiger charge is -2.26. The van der Waals surface area contributed by atoms with Crippen LogP contribution in [0, 0.1) is 5.21 Å². The van der Waals surface area contributed by atoms with Crippen LogP contribution in [-0.4, -0.2) is 26.4 Å². The van der Waals surface area contributed by atoms with Gasteiger partial charge in [0.15, 0.2) is 5.69 Å². The Bertz CT molecular complexity index is 1700. The number of quaternary nitrogens is 1. The summed E-state index contributed by atoms with van der Waals surface area (Å²) in [6.07, 6.45) is 0. The Labute approximate surface area is 221 Å². The minimum absolute atomic E-state index is 0.109. The molecule has 1 aliphatic rings. The number of rotatable bonds is 5. The molecule has 0 saturated carbocycles. The van der Waals surface area contributed by atoms with E-state index >= 15 is 0 Å². The molecule has 2 heterocycles. The summed E-state index contributed by atoms with van der Waals surface area (Å²) in [4.78, 5) is 33.0. The molecule has 9 heteroatoms. The first-order chi connectivity index (χ1) is 18.5. The zero-order chi connectivity index (χ0) is 26.2. The van der Waals surface area contributed by atoms with Crippen LogP contribution in [0.4, 0.5) is 11.4 Å². The number of carbonyl (C=O) groups is 1. The fraction of sp³-hybridized carbons (Fsp3) is 0.0690. The highest BCUT2D eigenvalue weighted by Crippen LogP contribution is 2.43. The average molecular weight is 523 g/mol. The van der Waals surface area contributed by atoms with Crippen LogP contribution >= 0.6 is 11.8 Å². The Morgan fingerprint density at radius 1 is 0.842 bits per heavy atom. The minimum atomic E-state index is -1.03. The Hall–Kier alpha value is -4.28. The van der Waals surface area contributed by atoms with E-state index in [-0.39, 0.29) is 22.9 Å². The fourth-order valence-corrected chi connectivity index (χ4v) is 5.97. The number of hydrogen-bond acceptors (Lipinski definition) is 6. The lowest BCUT2D eigenvalue weighted by Crippen LogP contribution is -2.99. The summed E-state index contributed by atoms with van der Waals surface area (Å²) in [5.41, 5.74) is 3.20. The second-order valence-corrected chi connectivity index (χ2v) is 9.86. The second-order valence-electron chi connectivity index (χ2n) is 8.80. The van der Waals surface area contributed by atoms with Crippen molar-refractivity contribution in [3.8, 4) is 17.1 Å². The molecule has 5 aromatic rings. The van der Waals surface area contributed by atoms with E-state index in [2.05, 4.69) is 0 Å². The molecule has 0 aliphatic carbocycles. The molecular formula is C29H22N4O4S. The summed E-state index contributed by atoms with van der Waals surface area (Å²) in [6.45, 7) is 0. The molecule has 1 aromatic heterocycles. The third-order valence-electron chi connectivity index (χ3n) is 6.52. The van der Waals surface area contributed by atoms with Gasteiger partial charge < -0.3 is 5.21 Å². The first-order valence-electron chi connectivity index (χ1n) is 12.0. The van der Waals surface area contributed by atoms with E-state index in [1.165, 1.54) is 11.8 Å². The number of anilines is 1. The third kappa shape index (κ3) is 4.17. The van der Waals surface area contributed by atoms with Gasteiger partial charge in [0.25, 0.3) is 5.56 Å². The molecule has 0 bridgehead atoms. The highest BCUT2D eigenvalue weighted by molar-refractivity contribution is 8.00. The van der Waals surface area contributed by atoms with E-state index in [0.717, 1.165) is 5.56 Å². The van der Waals surface area contributed by atoms with Crippen molar-refractivity contribution in [2.45, 2.75) is 5.37 Å². The van der Waals surface area contributed by atoms with E-state index < -0.39 is 10.6 Å². The maximum Gasteiger partial charge on any atom is 0.266 e. The quantitative estimate of drug-likeness (QED) is 0.335. The number of fused-ring (bicyclic) bond motifs is 1. The smallest absolute Gasteiger partial charge is 0.266 e. The first kappa shape index (κ1) is 24.1. The molecule has 2 N–H and O–H groups in total. The van der Waals surface area contributed by atoms with Crippen LogP contribution in [0.3, 0.4) is 0 Å². The molecule has 1 fully saturated rings. The number of para-hydroxylation sites is 2. The number of nitrogens with zero attached hydrogens (tertiary/aromatic N) is 3. The Morgan fingerprint density at radius 2 is 1.50 bits per heavy atom. The Morgan fingerprint density at radius 3 is 2.26 bits per heavy atom. The summed E-state index contributed by atoms with van der Waals surface area (Å²) in [6, 6.07) is 30.7. The maximum absolute atomic E-state index is 13.7. The average Bonchev–Trinajstić information content (AvgIpc) is 3.34. The molecule has 0 spiro atoms. The van der Waals surface area contributed by atoms with Crippen molar-refractivity contribution in [2.75, 3.05) is 10.7 Å². The Kier molecular flexibility index (Phi) is 6.26. The predicted molar refractivity (Wildman–Crippen MR) is 148 cm³/mol. The summed E-state index contributed by atoms with van der Waals surface area (Å²) in [7, 11) is 0. The van der Waals surface area contributed by atoms with Crippen LogP contribution in [0.5, 0.6) is 0 Å². The van der Waals surface area contributed by atoms with E-state index in [0.29, 0.717) is 33.7 Å². The van der Waals surface area contributed by atoms with Crippen LogP contribution in [0.15, 0.2) is 108 Å². The van der Waals surface area contributed by atoms with Crippen LogP contribution in [0.1, 0.15) is 10.9 Å². The molecule has 38 heavy (non-hydrogen) atoms. The van der Waals surface area contributed by atoms with E-state index in [4.69, 9.17) is 4.98 Å². The third-order valence-corrected chi connectivity index (χ3v) is 7.71. The van der Waals surface area contributed by atoms with Gasteiger partial charge >= 0.3 is 0 Å².